The molecule has 0 saturated heterocycles. The Labute approximate surface area is 64.8 Å². The lowest BCUT2D eigenvalue weighted by Gasteiger charge is -1.88. The van der Waals surface area contributed by atoms with Crippen molar-refractivity contribution in [2.75, 3.05) is 0 Å². The molecule has 72 valence electrons. The molecular formula is C2H3F3N2O4S. The topological polar surface area (TPSA) is 115 Å². The summed E-state index contributed by atoms with van der Waals surface area (Å²) in [7, 11) is -4.92. The van der Waals surface area contributed by atoms with Crippen molar-refractivity contribution in [1.82, 2.24) is 0 Å². The largest absolute Gasteiger partial charge is 0.726 e. The average molecular weight is 208 g/mol. The maximum absolute atomic E-state index is 10.8. The van der Waals surface area contributed by atoms with E-state index < -0.39 is 22.8 Å². The molecule has 0 fully saturated rings. The number of hydrogen-bond donors (Lipinski definition) is 2. The number of alkyl halides is 3. The van der Waals surface area contributed by atoms with Crippen LogP contribution in [0.1, 0.15) is 0 Å². The van der Waals surface area contributed by atoms with Gasteiger partial charge in [0.2, 0.25) is 10.4 Å². The summed E-state index contributed by atoms with van der Waals surface area (Å²) in [4.78, 5) is 2.01. The van der Waals surface area contributed by atoms with E-state index in [0.717, 1.165) is 0 Å². The number of nitrogens with zero attached hydrogens (tertiary/aromatic N) is 1. The third kappa shape index (κ3) is 63.2. The van der Waals surface area contributed by atoms with Crippen LogP contribution in [0.2, 0.25) is 0 Å². The van der Waals surface area contributed by atoms with Crippen molar-refractivity contribution in [3.63, 3.8) is 0 Å². The summed E-state index contributed by atoms with van der Waals surface area (Å²) in [5.41, 5.74) is 5.71. The van der Waals surface area contributed by atoms with Crippen LogP contribution in [0.15, 0.2) is 0 Å². The fourth-order valence-electron chi connectivity index (χ4n) is 0.0732. The molecule has 10 heteroatoms. The third-order valence-electron chi connectivity index (χ3n) is 0.211. The van der Waals surface area contributed by atoms with Gasteiger partial charge in [0.05, 0.1) is 10.3 Å². The Hall–Kier alpha value is -0.960. The van der Waals surface area contributed by atoms with Gasteiger partial charge >= 0.3 is 12.4 Å². The Morgan fingerprint density at radius 1 is 1.50 bits per heavy atom. The summed E-state index contributed by atoms with van der Waals surface area (Å²) in [5.74, 6) is 0. The number of hydrogen-bond acceptors (Lipinski definition) is 4. The first-order valence-corrected chi connectivity index (χ1v) is 3.39. The maximum Gasteiger partial charge on any atom is 0.491 e. The Kier molecular flexibility index (Phi) is 5.48. The van der Waals surface area contributed by atoms with Gasteiger partial charge in [-0.25, -0.2) is 8.42 Å². The van der Waals surface area contributed by atoms with Crippen LogP contribution in [-0.4, -0.2) is 34.7 Å². The lowest BCUT2D eigenvalue weighted by Crippen LogP contribution is -2.08. The molecule has 0 saturated carbocycles. The summed E-state index contributed by atoms with van der Waals surface area (Å²) >= 11 is 0. The van der Waals surface area contributed by atoms with E-state index >= 15 is 0 Å². The van der Waals surface area contributed by atoms with Crippen LogP contribution in [-0.2, 0) is 10.4 Å². The van der Waals surface area contributed by atoms with E-state index in [0.29, 0.717) is 0 Å². The molecule has 0 spiro atoms. The summed E-state index contributed by atoms with van der Waals surface area (Å²) < 4.78 is 65.2. The lowest BCUT2D eigenvalue weighted by atomic mass is 10.7. The second kappa shape index (κ2) is 4.83. The lowest BCUT2D eigenvalue weighted by molar-refractivity contribution is -0.156. The molecule has 0 unspecified atom stereocenters. The first-order chi connectivity index (χ1) is 5.06. The number of nitrogens with one attached hydrogen (secondary N) is 1. The van der Waals surface area contributed by atoms with Crippen LogP contribution in [0.3, 0.4) is 0 Å². The van der Waals surface area contributed by atoms with Crippen molar-refractivity contribution in [2.45, 2.75) is 6.18 Å². The predicted molar refractivity (Wildman–Crippen MR) is 27.4 cm³/mol. The van der Waals surface area contributed by atoms with Crippen LogP contribution < -0.4 is 0 Å². The SMILES string of the molecule is N=[N+]=CC(F)(F)F.O=S(=O)([O-])O. The second-order valence-corrected chi connectivity index (χ2v) is 2.08. The second-order valence-electron chi connectivity index (χ2n) is 1.23. The zero-order chi connectivity index (χ0) is 10.4. The highest BCUT2D eigenvalue weighted by molar-refractivity contribution is 7.79. The predicted octanol–water partition coefficient (Wildman–Crippen LogP) is -0.137. The van der Waals surface area contributed by atoms with Gasteiger partial charge in [-0.15, -0.1) is 0 Å². The highest BCUT2D eigenvalue weighted by Gasteiger charge is 2.31. The molecule has 0 radical (unpaired) electrons. The van der Waals surface area contributed by atoms with Gasteiger partial charge in [-0.3, -0.25) is 4.55 Å². The molecule has 0 aromatic rings. The van der Waals surface area contributed by atoms with E-state index in [4.69, 9.17) is 23.1 Å². The quantitative estimate of drug-likeness (QED) is 0.189. The van der Waals surface area contributed by atoms with Gasteiger partial charge in [-0.2, -0.15) is 13.2 Å². The third-order valence-corrected chi connectivity index (χ3v) is 0.211. The molecule has 0 bridgehead atoms. The van der Waals surface area contributed by atoms with E-state index in [2.05, 4.69) is 0 Å². The van der Waals surface area contributed by atoms with E-state index in [1.807, 2.05) is 4.79 Å². The number of halogens is 3. The highest BCUT2D eigenvalue weighted by atomic mass is 32.3. The molecule has 2 N–H and O–H groups in total. The van der Waals surface area contributed by atoms with E-state index in [-0.39, 0.29) is 0 Å². The first-order valence-electron chi connectivity index (χ1n) is 2.02. The van der Waals surface area contributed by atoms with Crippen LogP contribution in [0.5, 0.6) is 0 Å². The van der Waals surface area contributed by atoms with Crippen molar-refractivity contribution in [2.24, 2.45) is 0 Å². The van der Waals surface area contributed by atoms with Crippen molar-refractivity contribution < 1.29 is 35.5 Å². The molecule has 0 aliphatic rings. The van der Waals surface area contributed by atoms with Crippen molar-refractivity contribution in [3.8, 4) is 0 Å². The minimum Gasteiger partial charge on any atom is -0.726 e. The maximum atomic E-state index is 10.8. The molecule has 0 aromatic carbocycles. The molecule has 0 heterocycles. The smallest absolute Gasteiger partial charge is 0.491 e. The fourth-order valence-corrected chi connectivity index (χ4v) is 0.0732. The van der Waals surface area contributed by atoms with E-state index in [1.54, 1.807) is 0 Å². The Morgan fingerprint density at radius 3 is 1.75 bits per heavy atom. The summed E-state index contributed by atoms with van der Waals surface area (Å²) in [6, 6.07) is 0. The van der Waals surface area contributed by atoms with E-state index in [1.165, 1.54) is 0 Å². The van der Waals surface area contributed by atoms with Crippen molar-refractivity contribution in [1.29, 1.82) is 5.53 Å². The Bertz CT molecular complexity index is 255. The Balaban J connectivity index is 0. The molecule has 12 heavy (non-hydrogen) atoms. The molecule has 0 amide bonds. The monoisotopic (exact) mass is 208 g/mol. The highest BCUT2D eigenvalue weighted by Crippen LogP contribution is 2.08. The van der Waals surface area contributed by atoms with Gasteiger partial charge < -0.3 is 4.55 Å². The molecule has 6 nitrogen and oxygen atoms in total. The van der Waals surface area contributed by atoms with Crippen molar-refractivity contribution >= 4 is 16.6 Å². The van der Waals surface area contributed by atoms with Gasteiger partial charge in [0.15, 0.2) is 0 Å². The first kappa shape index (κ1) is 13.6. The fraction of sp³-hybridized carbons (Fsp3) is 0.500. The average Bonchev–Trinajstić information content (AvgIpc) is 1.54. The minimum atomic E-state index is -4.92. The molecular weight excluding hydrogens is 205 g/mol. The van der Waals surface area contributed by atoms with Gasteiger partial charge in [0, 0.05) is 0 Å². The van der Waals surface area contributed by atoms with Gasteiger partial charge in [0.1, 0.15) is 0 Å². The molecule has 0 aromatic heterocycles. The number of rotatable bonds is 0. The molecule has 0 aliphatic heterocycles. The van der Waals surface area contributed by atoms with Crippen LogP contribution in [0.25, 0.3) is 0 Å². The van der Waals surface area contributed by atoms with Crippen LogP contribution >= 0.6 is 0 Å². The summed E-state index contributed by atoms with van der Waals surface area (Å²) in [6.07, 6.45) is -4.82. The van der Waals surface area contributed by atoms with Crippen LogP contribution in [0.4, 0.5) is 13.2 Å². The van der Waals surface area contributed by atoms with Gasteiger partial charge in [-0.1, -0.05) is 0 Å². The normalized spacial score (nSPS) is 10.8. The van der Waals surface area contributed by atoms with E-state index in [9.17, 15) is 13.2 Å². The van der Waals surface area contributed by atoms with Gasteiger partial charge in [0.25, 0.3) is 0 Å². The standard InChI is InChI=1S/C2H2F3N2.H2O4S/c3-2(4,5)1-7-6;1-5(2,3)4/h1,6H;(H2,1,2,3,4)/q+1;/p-1. The van der Waals surface area contributed by atoms with Crippen LogP contribution in [0, 0.1) is 5.53 Å². The summed E-state index contributed by atoms with van der Waals surface area (Å²) in [6.45, 7) is 0. The zero-order valence-corrected chi connectivity index (χ0v) is 6.06. The van der Waals surface area contributed by atoms with Crippen molar-refractivity contribution in [3.05, 3.63) is 0 Å². The zero-order valence-electron chi connectivity index (χ0n) is 5.24. The summed E-state index contributed by atoms with van der Waals surface area (Å²) in [5, 5.41) is 0. The van der Waals surface area contributed by atoms with Gasteiger partial charge in [-0.05, 0) is 0 Å². The minimum absolute atomic E-state index is 0.396. The molecule has 0 atom stereocenters. The Morgan fingerprint density at radius 2 is 1.75 bits per heavy atom. The molecule has 0 aliphatic carbocycles. The molecule has 0 rings (SSSR count).